The van der Waals surface area contributed by atoms with Gasteiger partial charge in [-0.15, -0.1) is 12.4 Å². The van der Waals surface area contributed by atoms with Crippen LogP contribution in [0.1, 0.15) is 33.3 Å². The summed E-state index contributed by atoms with van der Waals surface area (Å²) >= 11 is 0. The van der Waals surface area contributed by atoms with Gasteiger partial charge in [0.05, 0.1) is 13.2 Å². The molecule has 2 N–H and O–H groups in total. The normalized spacial score (nSPS) is 21.3. The van der Waals surface area contributed by atoms with Gasteiger partial charge >= 0.3 is 0 Å². The van der Waals surface area contributed by atoms with Gasteiger partial charge in [-0.2, -0.15) is 0 Å². The number of hydrogen-bond acceptors (Lipinski definition) is 4. The fourth-order valence-electron chi connectivity index (χ4n) is 2.78. The molecule has 132 valence electrons. The summed E-state index contributed by atoms with van der Waals surface area (Å²) in [5.74, 6) is 2.75. The highest BCUT2D eigenvalue weighted by molar-refractivity contribution is 5.85. The van der Waals surface area contributed by atoms with Gasteiger partial charge < -0.3 is 15.2 Å². The van der Waals surface area contributed by atoms with E-state index in [0.29, 0.717) is 31.1 Å². The average molecular weight is 343 g/mol. The Bertz CT molecular complexity index is 472. The molecule has 2 unspecified atom stereocenters. The van der Waals surface area contributed by atoms with Crippen LogP contribution >= 0.6 is 12.4 Å². The van der Waals surface area contributed by atoms with Crippen molar-refractivity contribution in [1.29, 1.82) is 0 Å². The van der Waals surface area contributed by atoms with Crippen molar-refractivity contribution < 1.29 is 9.47 Å². The Morgan fingerprint density at radius 1 is 1.22 bits per heavy atom. The van der Waals surface area contributed by atoms with E-state index in [2.05, 4.69) is 37.8 Å². The van der Waals surface area contributed by atoms with E-state index in [1.807, 2.05) is 13.0 Å². The zero-order valence-corrected chi connectivity index (χ0v) is 15.6. The zero-order chi connectivity index (χ0) is 16.1. The van der Waals surface area contributed by atoms with Gasteiger partial charge in [0.15, 0.2) is 11.5 Å². The Balaban J connectivity index is 0.00000264. The number of likely N-dealkylation sites (tertiary alicyclic amines) is 1. The summed E-state index contributed by atoms with van der Waals surface area (Å²) < 4.78 is 11.6. The maximum atomic E-state index is 6.11. The molecule has 2 atom stereocenters. The van der Waals surface area contributed by atoms with Crippen LogP contribution in [0.15, 0.2) is 18.2 Å². The minimum absolute atomic E-state index is 0. The van der Waals surface area contributed by atoms with Crippen molar-refractivity contribution in [2.45, 2.75) is 40.3 Å². The van der Waals surface area contributed by atoms with Crippen LogP contribution in [-0.4, -0.2) is 37.2 Å². The smallest absolute Gasteiger partial charge is 0.161 e. The molecule has 1 heterocycles. The molecule has 0 spiro atoms. The second-order valence-corrected chi connectivity index (χ2v) is 6.75. The fourth-order valence-corrected chi connectivity index (χ4v) is 2.78. The standard InChI is InChI=1S/C18H30N2O2.ClH/c1-5-21-18-8-15(6-7-17(18)22-12-13(2)3)10-20-9-14(4)16(19)11-20;/h6-8,13-14,16H,5,9-12,19H2,1-4H3;1H. The van der Waals surface area contributed by atoms with E-state index in [0.717, 1.165) is 31.1 Å². The first-order valence-corrected chi connectivity index (χ1v) is 8.36. The van der Waals surface area contributed by atoms with Crippen LogP contribution in [0.25, 0.3) is 0 Å². The summed E-state index contributed by atoms with van der Waals surface area (Å²) in [5, 5.41) is 0. The van der Waals surface area contributed by atoms with E-state index in [4.69, 9.17) is 15.2 Å². The summed E-state index contributed by atoms with van der Waals surface area (Å²) in [6, 6.07) is 6.56. The molecule has 0 bridgehead atoms. The Hall–Kier alpha value is -0.970. The molecule has 1 fully saturated rings. The van der Waals surface area contributed by atoms with E-state index in [1.54, 1.807) is 0 Å². The SMILES string of the molecule is CCOc1cc(CN2CC(C)C(N)C2)ccc1OCC(C)C.Cl. The van der Waals surface area contributed by atoms with Crippen molar-refractivity contribution in [3.8, 4) is 11.5 Å². The van der Waals surface area contributed by atoms with Gasteiger partial charge in [0.25, 0.3) is 0 Å². The first-order valence-electron chi connectivity index (χ1n) is 8.36. The number of hydrogen-bond donors (Lipinski definition) is 1. The Kier molecular flexibility index (Phi) is 8.17. The lowest BCUT2D eigenvalue weighted by molar-refractivity contribution is 0.247. The lowest BCUT2D eigenvalue weighted by Crippen LogP contribution is -2.28. The third kappa shape index (κ3) is 5.87. The molecule has 1 aromatic carbocycles. The number of halogens is 1. The second kappa shape index (κ2) is 9.36. The third-order valence-electron chi connectivity index (χ3n) is 4.03. The molecule has 2 rings (SSSR count). The van der Waals surface area contributed by atoms with Crippen molar-refractivity contribution in [3.05, 3.63) is 23.8 Å². The molecular formula is C18H31ClN2O2. The lowest BCUT2D eigenvalue weighted by Gasteiger charge is -2.18. The summed E-state index contributed by atoms with van der Waals surface area (Å²) in [5.41, 5.74) is 7.36. The maximum Gasteiger partial charge on any atom is 0.161 e. The second-order valence-electron chi connectivity index (χ2n) is 6.75. The Labute approximate surface area is 146 Å². The van der Waals surface area contributed by atoms with Crippen molar-refractivity contribution in [2.75, 3.05) is 26.3 Å². The summed E-state index contributed by atoms with van der Waals surface area (Å²) in [4.78, 5) is 2.41. The maximum absolute atomic E-state index is 6.11. The van der Waals surface area contributed by atoms with Gasteiger partial charge in [-0.3, -0.25) is 4.90 Å². The zero-order valence-electron chi connectivity index (χ0n) is 14.7. The largest absolute Gasteiger partial charge is 0.490 e. The molecule has 1 aliphatic heterocycles. The highest BCUT2D eigenvalue weighted by Crippen LogP contribution is 2.30. The van der Waals surface area contributed by atoms with Crippen molar-refractivity contribution in [2.24, 2.45) is 17.6 Å². The van der Waals surface area contributed by atoms with Crippen LogP contribution in [0.5, 0.6) is 11.5 Å². The molecule has 0 aromatic heterocycles. The minimum Gasteiger partial charge on any atom is -0.490 e. The summed E-state index contributed by atoms with van der Waals surface area (Å²) in [6.07, 6.45) is 0. The molecule has 0 amide bonds. The van der Waals surface area contributed by atoms with E-state index in [-0.39, 0.29) is 12.4 Å². The summed E-state index contributed by atoms with van der Waals surface area (Å²) in [6.45, 7) is 12.8. The van der Waals surface area contributed by atoms with Crippen LogP contribution in [0.2, 0.25) is 0 Å². The highest BCUT2D eigenvalue weighted by atomic mass is 35.5. The molecule has 5 heteroatoms. The van der Waals surface area contributed by atoms with Crippen LogP contribution in [0.4, 0.5) is 0 Å². The van der Waals surface area contributed by atoms with Gasteiger partial charge in [0.1, 0.15) is 0 Å². The first-order chi connectivity index (χ1) is 10.5. The highest BCUT2D eigenvalue weighted by Gasteiger charge is 2.26. The molecule has 0 saturated carbocycles. The van der Waals surface area contributed by atoms with E-state index in [9.17, 15) is 0 Å². The van der Waals surface area contributed by atoms with Crippen molar-refractivity contribution >= 4 is 12.4 Å². The fraction of sp³-hybridized carbons (Fsp3) is 0.667. The number of ether oxygens (including phenoxy) is 2. The Morgan fingerprint density at radius 2 is 1.96 bits per heavy atom. The quantitative estimate of drug-likeness (QED) is 0.825. The van der Waals surface area contributed by atoms with Gasteiger partial charge in [-0.05, 0) is 36.5 Å². The monoisotopic (exact) mass is 342 g/mol. The lowest BCUT2D eigenvalue weighted by atomic mass is 10.1. The molecule has 0 aliphatic carbocycles. The minimum atomic E-state index is 0. The van der Waals surface area contributed by atoms with E-state index < -0.39 is 0 Å². The number of rotatable bonds is 7. The predicted molar refractivity (Wildman–Crippen MR) is 97.6 cm³/mol. The number of benzene rings is 1. The van der Waals surface area contributed by atoms with Crippen molar-refractivity contribution in [1.82, 2.24) is 4.90 Å². The van der Waals surface area contributed by atoms with Crippen LogP contribution in [0.3, 0.4) is 0 Å². The van der Waals surface area contributed by atoms with Crippen molar-refractivity contribution in [3.63, 3.8) is 0 Å². The topological polar surface area (TPSA) is 47.7 Å². The predicted octanol–water partition coefficient (Wildman–Crippen LogP) is 3.32. The third-order valence-corrected chi connectivity index (χ3v) is 4.03. The van der Waals surface area contributed by atoms with Gasteiger partial charge in [0, 0.05) is 25.7 Å². The molecular weight excluding hydrogens is 312 g/mol. The van der Waals surface area contributed by atoms with Gasteiger partial charge in [-0.1, -0.05) is 26.8 Å². The average Bonchev–Trinajstić information content (AvgIpc) is 2.76. The molecule has 0 radical (unpaired) electrons. The number of nitrogens with zero attached hydrogens (tertiary/aromatic N) is 1. The molecule has 1 aromatic rings. The first kappa shape index (κ1) is 20.1. The van der Waals surface area contributed by atoms with E-state index >= 15 is 0 Å². The van der Waals surface area contributed by atoms with Gasteiger partial charge in [-0.25, -0.2) is 0 Å². The van der Waals surface area contributed by atoms with E-state index in [1.165, 1.54) is 5.56 Å². The molecule has 1 saturated heterocycles. The summed E-state index contributed by atoms with van der Waals surface area (Å²) in [7, 11) is 0. The van der Waals surface area contributed by atoms with Crippen LogP contribution in [-0.2, 0) is 6.54 Å². The molecule has 23 heavy (non-hydrogen) atoms. The molecule has 1 aliphatic rings. The Morgan fingerprint density at radius 3 is 2.52 bits per heavy atom. The van der Waals surface area contributed by atoms with Crippen LogP contribution in [0, 0.1) is 11.8 Å². The molecule has 4 nitrogen and oxygen atoms in total. The van der Waals surface area contributed by atoms with Gasteiger partial charge in [0.2, 0.25) is 0 Å². The van der Waals surface area contributed by atoms with Crippen LogP contribution < -0.4 is 15.2 Å². The number of nitrogens with two attached hydrogens (primary N) is 1.